The van der Waals surface area contributed by atoms with E-state index < -0.39 is 5.41 Å². The zero-order valence-corrected chi connectivity index (χ0v) is 33.9. The minimum absolute atomic E-state index is 0.0436. The molecule has 0 amide bonds. The Kier molecular flexibility index (Phi) is 7.48. The zero-order chi connectivity index (χ0) is 40.1. The highest BCUT2D eigenvalue weighted by molar-refractivity contribution is 7.99. The molecule has 1 atom stereocenters. The van der Waals surface area contributed by atoms with Crippen LogP contribution in [0.2, 0.25) is 0 Å². The van der Waals surface area contributed by atoms with Crippen LogP contribution in [0.4, 0.5) is 34.1 Å². The second-order valence-electron chi connectivity index (χ2n) is 16.1. The second-order valence-corrected chi connectivity index (χ2v) is 17.2. The first-order valence-electron chi connectivity index (χ1n) is 21.0. The summed E-state index contributed by atoms with van der Waals surface area (Å²) in [6.07, 6.45) is -0.0436. The lowest BCUT2D eigenvalue weighted by Crippen LogP contribution is -2.39. The third kappa shape index (κ3) is 4.89. The normalized spacial score (nSPS) is 15.5. The Hall–Kier alpha value is -7.47. The van der Waals surface area contributed by atoms with Gasteiger partial charge < -0.3 is 19.7 Å². The van der Waals surface area contributed by atoms with E-state index in [1.54, 1.807) is 0 Å². The molecule has 1 unspecified atom stereocenters. The SMILES string of the molecule is c1ccc(N2c3ccccc3C3(c4ccccc4Sc4cc5c6ccccc6n(-c6ccc(C7Nc8ccccc8N7c7ccccc7)cc6)c5cc43)c3ccccc32)cc1. The van der Waals surface area contributed by atoms with Gasteiger partial charge in [0, 0.05) is 37.6 Å². The van der Waals surface area contributed by atoms with E-state index in [2.05, 4.69) is 238 Å². The smallest absolute Gasteiger partial charge is 0.130 e. The molecule has 4 heterocycles. The molecular formula is C56H38N4S. The number of nitrogens with zero attached hydrogens (tertiary/aromatic N) is 3. The minimum atomic E-state index is -0.570. The third-order valence-electron chi connectivity index (χ3n) is 13.0. The van der Waals surface area contributed by atoms with Crippen LogP contribution in [-0.4, -0.2) is 4.57 Å². The molecule has 0 saturated carbocycles. The first kappa shape index (κ1) is 34.4. The van der Waals surface area contributed by atoms with E-state index in [0.717, 1.165) is 22.7 Å². The Bertz CT molecular complexity index is 3290. The molecule has 61 heavy (non-hydrogen) atoms. The maximum Gasteiger partial charge on any atom is 0.130 e. The monoisotopic (exact) mass is 798 g/mol. The van der Waals surface area contributed by atoms with Gasteiger partial charge in [0.15, 0.2) is 0 Å². The summed E-state index contributed by atoms with van der Waals surface area (Å²) >= 11 is 1.90. The number of benzene rings is 9. The van der Waals surface area contributed by atoms with Crippen molar-refractivity contribution in [2.75, 3.05) is 15.1 Å². The molecule has 1 aromatic heterocycles. The van der Waals surface area contributed by atoms with Gasteiger partial charge in [0.2, 0.25) is 0 Å². The maximum atomic E-state index is 3.83. The predicted molar refractivity (Wildman–Crippen MR) is 253 cm³/mol. The molecule has 0 fully saturated rings. The standard InChI is InChI=1S/C56H38N4S/c1-3-17-38(18-4-1)59-49-27-13-8-22-43(49)56(44-23-9-14-28-50(44)59)45-24-10-16-30-53(45)61-54-35-42-41-21-7-12-26-48(41)58(52(42)36-46(54)56)40-33-31-37(32-34-40)55-57-47-25-11-15-29-51(47)60(55)39-19-5-2-6-20-39/h1-36,55,57H. The molecule has 0 radical (unpaired) electrons. The second kappa shape index (κ2) is 13.3. The first-order chi connectivity index (χ1) is 30.3. The van der Waals surface area contributed by atoms with Crippen LogP contribution in [0.15, 0.2) is 228 Å². The molecule has 0 bridgehead atoms. The molecule has 1 N–H and O–H groups in total. The van der Waals surface area contributed by atoms with Crippen molar-refractivity contribution in [2.45, 2.75) is 21.4 Å². The van der Waals surface area contributed by atoms with Gasteiger partial charge in [-0.15, -0.1) is 0 Å². The summed E-state index contributed by atoms with van der Waals surface area (Å²) in [4.78, 5) is 7.44. The summed E-state index contributed by atoms with van der Waals surface area (Å²) in [5.41, 5.74) is 16.4. The Morgan fingerprint density at radius 3 is 1.74 bits per heavy atom. The molecule has 5 heteroatoms. The van der Waals surface area contributed by atoms with Gasteiger partial charge in [-0.2, -0.15) is 0 Å². The van der Waals surface area contributed by atoms with E-state index >= 15 is 0 Å². The lowest BCUT2D eigenvalue weighted by atomic mass is 9.62. The van der Waals surface area contributed by atoms with Crippen molar-refractivity contribution in [3.05, 3.63) is 246 Å². The molecule has 288 valence electrons. The molecule has 0 aliphatic carbocycles. The Morgan fingerprint density at radius 2 is 1.00 bits per heavy atom. The highest BCUT2D eigenvalue weighted by atomic mass is 32.2. The van der Waals surface area contributed by atoms with E-state index in [1.165, 1.54) is 76.5 Å². The number of hydrogen-bond acceptors (Lipinski definition) is 4. The maximum absolute atomic E-state index is 3.83. The lowest BCUT2D eigenvalue weighted by Gasteiger charge is -2.49. The summed E-state index contributed by atoms with van der Waals surface area (Å²) in [6, 6.07) is 80.4. The molecule has 9 aromatic carbocycles. The van der Waals surface area contributed by atoms with Crippen molar-refractivity contribution in [1.29, 1.82) is 0 Å². The van der Waals surface area contributed by atoms with Crippen LogP contribution >= 0.6 is 11.8 Å². The molecule has 10 aromatic rings. The Labute approximate surface area is 359 Å². The molecule has 1 spiro atoms. The molecule has 3 aliphatic rings. The van der Waals surface area contributed by atoms with Gasteiger partial charge in [-0.3, -0.25) is 0 Å². The fraction of sp³-hybridized carbons (Fsp3) is 0.0357. The van der Waals surface area contributed by atoms with Crippen LogP contribution in [0.1, 0.15) is 34.0 Å². The topological polar surface area (TPSA) is 23.4 Å². The highest BCUT2D eigenvalue weighted by Crippen LogP contribution is 2.63. The average molecular weight is 799 g/mol. The molecular weight excluding hydrogens is 761 g/mol. The van der Waals surface area contributed by atoms with Crippen molar-refractivity contribution in [3.8, 4) is 5.69 Å². The lowest BCUT2D eigenvalue weighted by molar-refractivity contribution is 0.693. The van der Waals surface area contributed by atoms with Crippen molar-refractivity contribution in [2.24, 2.45) is 0 Å². The number of nitrogens with one attached hydrogen (secondary N) is 1. The van der Waals surface area contributed by atoms with Gasteiger partial charge in [-0.1, -0.05) is 145 Å². The molecule has 13 rings (SSSR count). The highest BCUT2D eigenvalue weighted by Gasteiger charge is 2.50. The first-order valence-corrected chi connectivity index (χ1v) is 21.8. The summed E-state index contributed by atoms with van der Waals surface area (Å²) in [6.45, 7) is 0. The quantitative estimate of drug-likeness (QED) is 0.192. The zero-order valence-electron chi connectivity index (χ0n) is 33.1. The Morgan fingerprint density at radius 1 is 0.410 bits per heavy atom. The van der Waals surface area contributed by atoms with Crippen LogP contribution in [-0.2, 0) is 5.41 Å². The molecule has 3 aliphatic heterocycles. The van der Waals surface area contributed by atoms with Crippen LogP contribution in [0.3, 0.4) is 0 Å². The van der Waals surface area contributed by atoms with E-state index in [4.69, 9.17) is 0 Å². The van der Waals surface area contributed by atoms with Gasteiger partial charge >= 0.3 is 0 Å². The van der Waals surface area contributed by atoms with Crippen LogP contribution in [0, 0.1) is 0 Å². The third-order valence-corrected chi connectivity index (χ3v) is 14.2. The van der Waals surface area contributed by atoms with E-state index in [9.17, 15) is 0 Å². The fourth-order valence-corrected chi connectivity index (χ4v) is 11.7. The number of fused-ring (bicyclic) bond motifs is 12. The fourth-order valence-electron chi connectivity index (χ4n) is 10.5. The number of para-hydroxylation sites is 7. The van der Waals surface area contributed by atoms with Crippen molar-refractivity contribution >= 4 is 67.7 Å². The average Bonchev–Trinajstić information content (AvgIpc) is 3.87. The van der Waals surface area contributed by atoms with E-state index in [-0.39, 0.29) is 6.17 Å². The number of rotatable bonds is 4. The van der Waals surface area contributed by atoms with Crippen molar-refractivity contribution in [1.82, 2.24) is 4.57 Å². The van der Waals surface area contributed by atoms with Crippen LogP contribution in [0.5, 0.6) is 0 Å². The predicted octanol–water partition coefficient (Wildman–Crippen LogP) is 14.7. The summed E-state index contributed by atoms with van der Waals surface area (Å²) in [5, 5.41) is 6.34. The summed E-state index contributed by atoms with van der Waals surface area (Å²) in [7, 11) is 0. The van der Waals surface area contributed by atoms with E-state index in [0.29, 0.717) is 0 Å². The number of anilines is 6. The van der Waals surface area contributed by atoms with E-state index in [1.807, 2.05) is 11.8 Å². The largest absolute Gasteiger partial charge is 0.359 e. The molecule has 4 nitrogen and oxygen atoms in total. The van der Waals surface area contributed by atoms with Gasteiger partial charge in [0.05, 0.1) is 39.2 Å². The van der Waals surface area contributed by atoms with Crippen LogP contribution in [0.25, 0.3) is 27.5 Å². The molecule has 0 saturated heterocycles. The van der Waals surface area contributed by atoms with Gasteiger partial charge in [0.1, 0.15) is 6.17 Å². The van der Waals surface area contributed by atoms with Gasteiger partial charge in [0.25, 0.3) is 0 Å². The minimum Gasteiger partial charge on any atom is -0.359 e. The van der Waals surface area contributed by atoms with Crippen molar-refractivity contribution < 1.29 is 0 Å². The number of hydrogen-bond donors (Lipinski definition) is 1. The van der Waals surface area contributed by atoms with Gasteiger partial charge in [-0.25, -0.2) is 0 Å². The number of aromatic nitrogens is 1. The summed E-state index contributed by atoms with van der Waals surface area (Å²) < 4.78 is 2.48. The Balaban J connectivity index is 1.04. The van der Waals surface area contributed by atoms with Crippen molar-refractivity contribution in [3.63, 3.8) is 0 Å². The van der Waals surface area contributed by atoms with Crippen LogP contribution < -0.4 is 15.1 Å². The van der Waals surface area contributed by atoms with Gasteiger partial charge in [-0.05, 0) is 113 Å². The summed E-state index contributed by atoms with van der Waals surface area (Å²) in [5.74, 6) is 0.